The second kappa shape index (κ2) is 4.76. The standard InChI is InChI=1S/C16H21N3.ClH/c1-10-3-4-13-12(9-10)11-5-8-18-15(14(11)19-13)16(17)6-2-7-16;/h3-4,9,15,18-19H,2,5-8,17H2,1H3;1H. The van der Waals surface area contributed by atoms with Crippen molar-refractivity contribution in [2.24, 2.45) is 5.73 Å². The molecule has 1 aliphatic heterocycles. The van der Waals surface area contributed by atoms with Crippen LogP contribution in [-0.2, 0) is 6.42 Å². The Morgan fingerprint density at radius 2 is 2.10 bits per heavy atom. The number of aromatic amines is 1. The molecule has 1 fully saturated rings. The Hall–Kier alpha value is -1.03. The predicted octanol–water partition coefficient (Wildman–Crippen LogP) is 2.97. The molecule has 2 heterocycles. The number of hydrogen-bond acceptors (Lipinski definition) is 2. The monoisotopic (exact) mass is 291 g/mol. The Kier molecular flexibility index (Phi) is 3.32. The van der Waals surface area contributed by atoms with Crippen molar-refractivity contribution >= 4 is 23.3 Å². The first kappa shape index (κ1) is 13.9. The molecule has 4 heteroatoms. The Morgan fingerprint density at radius 3 is 2.80 bits per heavy atom. The molecule has 1 saturated carbocycles. The van der Waals surface area contributed by atoms with E-state index < -0.39 is 0 Å². The number of fused-ring (bicyclic) bond motifs is 3. The normalized spacial score (nSPS) is 23.8. The first-order valence-corrected chi connectivity index (χ1v) is 7.31. The van der Waals surface area contributed by atoms with Crippen LogP contribution in [0.4, 0.5) is 0 Å². The van der Waals surface area contributed by atoms with Gasteiger partial charge in [-0.2, -0.15) is 0 Å². The number of hydrogen-bond donors (Lipinski definition) is 3. The fourth-order valence-corrected chi connectivity index (χ4v) is 3.71. The molecule has 4 rings (SSSR count). The summed E-state index contributed by atoms with van der Waals surface area (Å²) in [5.74, 6) is 0. The Bertz CT molecular complexity index is 642. The molecule has 20 heavy (non-hydrogen) atoms. The average Bonchev–Trinajstić information content (AvgIpc) is 2.74. The molecule has 0 bridgehead atoms. The summed E-state index contributed by atoms with van der Waals surface area (Å²) in [4.78, 5) is 3.63. The number of aromatic nitrogens is 1. The van der Waals surface area contributed by atoms with Gasteiger partial charge in [0.15, 0.2) is 0 Å². The number of aryl methyl sites for hydroxylation is 1. The van der Waals surface area contributed by atoms with Crippen LogP contribution in [0.5, 0.6) is 0 Å². The number of nitrogens with two attached hydrogens (primary N) is 1. The average molecular weight is 292 g/mol. The molecule has 0 amide bonds. The highest BCUT2D eigenvalue weighted by molar-refractivity contribution is 5.86. The van der Waals surface area contributed by atoms with Gasteiger partial charge in [-0.1, -0.05) is 11.6 Å². The summed E-state index contributed by atoms with van der Waals surface area (Å²) in [6, 6.07) is 6.98. The number of halogens is 1. The minimum atomic E-state index is -0.0366. The quantitative estimate of drug-likeness (QED) is 0.756. The topological polar surface area (TPSA) is 53.8 Å². The van der Waals surface area contributed by atoms with Crippen molar-refractivity contribution in [1.82, 2.24) is 10.3 Å². The minimum Gasteiger partial charge on any atom is -0.357 e. The molecule has 1 aromatic carbocycles. The molecule has 108 valence electrons. The van der Waals surface area contributed by atoms with E-state index >= 15 is 0 Å². The highest BCUT2D eigenvalue weighted by atomic mass is 35.5. The Morgan fingerprint density at radius 1 is 1.30 bits per heavy atom. The lowest BCUT2D eigenvalue weighted by Crippen LogP contribution is -2.57. The summed E-state index contributed by atoms with van der Waals surface area (Å²) in [5.41, 5.74) is 11.9. The van der Waals surface area contributed by atoms with E-state index in [1.54, 1.807) is 0 Å². The highest BCUT2D eigenvalue weighted by Crippen LogP contribution is 2.43. The summed E-state index contributed by atoms with van der Waals surface area (Å²) in [6.45, 7) is 3.20. The molecule has 1 atom stereocenters. The zero-order valence-electron chi connectivity index (χ0n) is 11.8. The molecule has 2 aromatic rings. The van der Waals surface area contributed by atoms with Gasteiger partial charge in [0.25, 0.3) is 0 Å². The lowest BCUT2D eigenvalue weighted by Gasteiger charge is -2.46. The van der Waals surface area contributed by atoms with Crippen LogP contribution in [0.15, 0.2) is 18.2 Å². The van der Waals surface area contributed by atoms with E-state index in [0.717, 1.165) is 25.8 Å². The number of nitrogens with one attached hydrogen (secondary N) is 2. The van der Waals surface area contributed by atoms with Crippen molar-refractivity contribution < 1.29 is 0 Å². The summed E-state index contributed by atoms with van der Waals surface area (Å²) in [6.07, 6.45) is 4.64. The molecule has 4 N–H and O–H groups in total. The van der Waals surface area contributed by atoms with E-state index in [1.807, 2.05) is 0 Å². The number of H-pyrrole nitrogens is 1. The molecular weight excluding hydrogens is 270 g/mol. The van der Waals surface area contributed by atoms with E-state index in [4.69, 9.17) is 5.73 Å². The highest BCUT2D eigenvalue weighted by Gasteiger charge is 2.43. The minimum absolute atomic E-state index is 0. The maximum Gasteiger partial charge on any atom is 0.0658 e. The van der Waals surface area contributed by atoms with Crippen molar-refractivity contribution in [3.63, 3.8) is 0 Å². The van der Waals surface area contributed by atoms with E-state index in [9.17, 15) is 0 Å². The van der Waals surface area contributed by atoms with Gasteiger partial charge in [0.05, 0.1) is 6.04 Å². The van der Waals surface area contributed by atoms with Gasteiger partial charge in [-0.3, -0.25) is 0 Å². The smallest absolute Gasteiger partial charge is 0.0658 e. The van der Waals surface area contributed by atoms with E-state index in [-0.39, 0.29) is 17.9 Å². The van der Waals surface area contributed by atoms with Crippen molar-refractivity contribution in [2.75, 3.05) is 6.54 Å². The molecule has 1 aromatic heterocycles. The third-order valence-corrected chi connectivity index (χ3v) is 4.97. The molecule has 0 saturated heterocycles. The molecular formula is C16H22ClN3. The van der Waals surface area contributed by atoms with E-state index in [1.165, 1.54) is 34.1 Å². The van der Waals surface area contributed by atoms with Gasteiger partial charge in [-0.15, -0.1) is 12.4 Å². The predicted molar refractivity (Wildman–Crippen MR) is 85.5 cm³/mol. The van der Waals surface area contributed by atoms with Crippen LogP contribution in [0.3, 0.4) is 0 Å². The molecule has 1 aliphatic carbocycles. The molecule has 1 unspecified atom stereocenters. The van der Waals surface area contributed by atoms with Gasteiger partial charge in [-0.25, -0.2) is 0 Å². The molecule has 0 radical (unpaired) electrons. The van der Waals surface area contributed by atoms with Crippen LogP contribution in [0.1, 0.15) is 42.1 Å². The van der Waals surface area contributed by atoms with E-state index in [0.29, 0.717) is 6.04 Å². The van der Waals surface area contributed by atoms with Crippen LogP contribution in [0, 0.1) is 6.92 Å². The van der Waals surface area contributed by atoms with Gasteiger partial charge in [0, 0.05) is 22.1 Å². The lowest BCUT2D eigenvalue weighted by molar-refractivity contribution is 0.169. The summed E-state index contributed by atoms with van der Waals surface area (Å²) < 4.78 is 0. The second-order valence-electron chi connectivity index (χ2n) is 6.29. The van der Waals surface area contributed by atoms with Gasteiger partial charge in [0.1, 0.15) is 0 Å². The molecule has 0 spiro atoms. The zero-order chi connectivity index (χ0) is 13.0. The van der Waals surface area contributed by atoms with Crippen LogP contribution in [0.2, 0.25) is 0 Å². The largest absolute Gasteiger partial charge is 0.357 e. The first-order chi connectivity index (χ1) is 9.17. The third kappa shape index (κ3) is 1.88. The Balaban J connectivity index is 0.00000121. The third-order valence-electron chi connectivity index (χ3n) is 4.97. The van der Waals surface area contributed by atoms with Crippen molar-refractivity contribution in [3.8, 4) is 0 Å². The van der Waals surface area contributed by atoms with Crippen LogP contribution in [-0.4, -0.2) is 17.1 Å². The maximum atomic E-state index is 6.56. The lowest BCUT2D eigenvalue weighted by atomic mass is 9.70. The van der Waals surface area contributed by atoms with Gasteiger partial charge in [-0.05, 0) is 56.8 Å². The van der Waals surface area contributed by atoms with Gasteiger partial charge >= 0.3 is 0 Å². The zero-order valence-corrected chi connectivity index (χ0v) is 12.6. The molecule has 3 nitrogen and oxygen atoms in total. The van der Waals surface area contributed by atoms with Crippen LogP contribution < -0.4 is 11.1 Å². The Labute approximate surface area is 125 Å². The number of rotatable bonds is 1. The van der Waals surface area contributed by atoms with Crippen LogP contribution in [0.25, 0.3) is 10.9 Å². The molecule has 2 aliphatic rings. The van der Waals surface area contributed by atoms with Crippen molar-refractivity contribution in [2.45, 2.75) is 44.2 Å². The summed E-state index contributed by atoms with van der Waals surface area (Å²) in [5, 5.41) is 5.03. The van der Waals surface area contributed by atoms with Gasteiger partial charge in [0.2, 0.25) is 0 Å². The van der Waals surface area contributed by atoms with Crippen molar-refractivity contribution in [3.05, 3.63) is 35.0 Å². The van der Waals surface area contributed by atoms with E-state index in [2.05, 4.69) is 35.4 Å². The van der Waals surface area contributed by atoms with Gasteiger partial charge < -0.3 is 16.0 Å². The fraction of sp³-hybridized carbons (Fsp3) is 0.500. The van der Waals surface area contributed by atoms with Crippen molar-refractivity contribution in [1.29, 1.82) is 0 Å². The maximum absolute atomic E-state index is 6.56. The number of benzene rings is 1. The fourth-order valence-electron chi connectivity index (χ4n) is 3.71. The SMILES string of the molecule is Cc1ccc2[nH]c3c(c2c1)CCNC3C1(N)CCC1.Cl. The summed E-state index contributed by atoms with van der Waals surface area (Å²) >= 11 is 0. The first-order valence-electron chi connectivity index (χ1n) is 7.31. The second-order valence-corrected chi connectivity index (χ2v) is 6.29. The van der Waals surface area contributed by atoms with Crippen LogP contribution >= 0.6 is 12.4 Å². The summed E-state index contributed by atoms with van der Waals surface area (Å²) in [7, 11) is 0.